The van der Waals surface area contributed by atoms with Crippen LogP contribution in [0.3, 0.4) is 0 Å². The monoisotopic (exact) mass is 253 g/mol. The number of hydrogen-bond acceptors (Lipinski definition) is 4. The molecule has 0 saturated carbocycles. The number of nitrogens with one attached hydrogen (secondary N) is 1. The fraction of sp³-hybridized carbons (Fsp3) is 0.556. The second-order valence-electron chi connectivity index (χ2n) is 3.24. The van der Waals surface area contributed by atoms with Crippen molar-refractivity contribution >= 4 is 5.82 Å². The van der Waals surface area contributed by atoms with Crippen molar-refractivity contribution in [3.63, 3.8) is 0 Å². The van der Waals surface area contributed by atoms with Crippen molar-refractivity contribution in [2.24, 2.45) is 0 Å². The Bertz CT molecular complexity index is 387. The summed E-state index contributed by atoms with van der Waals surface area (Å²) in [6, 6.07) is 1.24. The minimum atomic E-state index is -4.20. The highest BCUT2D eigenvalue weighted by atomic mass is 19.3. The first-order chi connectivity index (χ1) is 7.85. The van der Waals surface area contributed by atoms with Crippen LogP contribution in [0.5, 0.6) is 5.88 Å². The number of nitrogens with zero attached hydrogens (tertiary/aromatic N) is 2. The Hall–Kier alpha value is -1.60. The molecule has 1 heterocycles. The highest BCUT2D eigenvalue weighted by Crippen LogP contribution is 2.24. The van der Waals surface area contributed by atoms with Gasteiger partial charge < -0.3 is 10.1 Å². The fourth-order valence-corrected chi connectivity index (χ4v) is 0.975. The van der Waals surface area contributed by atoms with Crippen LogP contribution in [0.4, 0.5) is 23.4 Å². The molecule has 0 aliphatic rings. The summed E-state index contributed by atoms with van der Waals surface area (Å²) in [5, 5.41) is 2.66. The van der Waals surface area contributed by atoms with Crippen LogP contribution in [0, 0.1) is 6.92 Å². The summed E-state index contributed by atoms with van der Waals surface area (Å²) in [7, 11) is 1.57. The normalized spacial score (nSPS) is 11.7. The molecule has 0 unspecified atom stereocenters. The minimum Gasteiger partial charge on any atom is -0.471 e. The average molecular weight is 253 g/mol. The molecule has 0 saturated heterocycles. The highest BCUT2D eigenvalue weighted by molar-refractivity contribution is 5.37. The zero-order valence-corrected chi connectivity index (χ0v) is 9.18. The second kappa shape index (κ2) is 5.15. The summed E-state index contributed by atoms with van der Waals surface area (Å²) in [6.45, 7) is 0.100. The van der Waals surface area contributed by atoms with Crippen LogP contribution in [0.15, 0.2) is 6.07 Å². The first kappa shape index (κ1) is 13.5. The maximum Gasteiger partial charge on any atom is 0.340 e. The van der Waals surface area contributed by atoms with E-state index in [4.69, 9.17) is 0 Å². The minimum absolute atomic E-state index is 0.179. The number of rotatable bonds is 5. The van der Waals surface area contributed by atoms with Crippen molar-refractivity contribution in [3.05, 3.63) is 11.9 Å². The summed E-state index contributed by atoms with van der Waals surface area (Å²) in [5.41, 5.74) is 0. The maximum atomic E-state index is 12.6. The molecular weight excluding hydrogens is 242 g/mol. The predicted octanol–water partition coefficient (Wildman–Crippen LogP) is 2.11. The summed E-state index contributed by atoms with van der Waals surface area (Å²) < 4.78 is 53.4. The van der Waals surface area contributed by atoms with Crippen LogP contribution in [-0.4, -0.2) is 36.0 Å². The predicted molar refractivity (Wildman–Crippen MR) is 52.8 cm³/mol. The summed E-state index contributed by atoms with van der Waals surface area (Å²) >= 11 is 0. The summed E-state index contributed by atoms with van der Waals surface area (Å²) in [6.07, 6.45) is -3.77. The van der Waals surface area contributed by atoms with Crippen molar-refractivity contribution in [1.29, 1.82) is 0 Å². The van der Waals surface area contributed by atoms with Crippen LogP contribution in [0.25, 0.3) is 0 Å². The van der Waals surface area contributed by atoms with Crippen molar-refractivity contribution in [2.45, 2.75) is 19.3 Å². The number of halogens is 4. The van der Waals surface area contributed by atoms with Gasteiger partial charge in [-0.15, -0.1) is 0 Å². The topological polar surface area (TPSA) is 47.0 Å². The van der Waals surface area contributed by atoms with Crippen molar-refractivity contribution in [3.8, 4) is 5.88 Å². The molecule has 1 rings (SSSR count). The number of hydrogen-bond donors (Lipinski definition) is 1. The molecule has 0 atom stereocenters. The lowest BCUT2D eigenvalue weighted by Gasteiger charge is -2.15. The van der Waals surface area contributed by atoms with Gasteiger partial charge in [0.1, 0.15) is 11.6 Å². The molecule has 0 aromatic carbocycles. The van der Waals surface area contributed by atoms with Crippen molar-refractivity contribution in [1.82, 2.24) is 9.97 Å². The van der Waals surface area contributed by atoms with E-state index >= 15 is 0 Å². The molecule has 8 heteroatoms. The lowest BCUT2D eigenvalue weighted by atomic mass is 10.4. The third-order valence-electron chi connectivity index (χ3n) is 1.80. The fourth-order valence-electron chi connectivity index (χ4n) is 0.975. The summed E-state index contributed by atoms with van der Waals surface area (Å²) in [4.78, 5) is 7.59. The molecule has 1 aromatic heterocycles. The molecule has 0 amide bonds. The molecule has 0 radical (unpaired) electrons. The standard InChI is InChI=1S/C9H11F4N3O/c1-5-15-6(14-2)3-7(16-5)17-4-9(12,13)8(10)11/h3,8H,4H2,1-2H3,(H,14,15,16). The van der Waals surface area contributed by atoms with Gasteiger partial charge in [-0.1, -0.05) is 0 Å². The van der Waals surface area contributed by atoms with Gasteiger partial charge in [-0.2, -0.15) is 13.8 Å². The number of aryl methyl sites for hydroxylation is 1. The lowest BCUT2D eigenvalue weighted by Crippen LogP contribution is -2.34. The van der Waals surface area contributed by atoms with Gasteiger partial charge in [-0.05, 0) is 6.92 Å². The number of anilines is 1. The van der Waals surface area contributed by atoms with Crippen LogP contribution in [0.2, 0.25) is 0 Å². The molecule has 0 aliphatic carbocycles. The Balaban J connectivity index is 2.72. The molecular formula is C9H11F4N3O. The van der Waals surface area contributed by atoms with E-state index in [1.54, 1.807) is 7.05 Å². The molecule has 1 aromatic rings. The Kier molecular flexibility index (Phi) is 4.08. The maximum absolute atomic E-state index is 12.6. The van der Waals surface area contributed by atoms with Crippen molar-refractivity contribution < 1.29 is 22.3 Å². The van der Waals surface area contributed by atoms with E-state index < -0.39 is 19.0 Å². The van der Waals surface area contributed by atoms with E-state index in [1.807, 2.05) is 0 Å². The van der Waals surface area contributed by atoms with Gasteiger partial charge in [0.05, 0.1) is 0 Å². The molecule has 0 spiro atoms. The van der Waals surface area contributed by atoms with Crippen LogP contribution in [0.1, 0.15) is 5.82 Å². The van der Waals surface area contributed by atoms with Gasteiger partial charge >= 0.3 is 12.3 Å². The Morgan fingerprint density at radius 2 is 2.06 bits per heavy atom. The first-order valence-corrected chi connectivity index (χ1v) is 4.67. The largest absolute Gasteiger partial charge is 0.471 e. The third kappa shape index (κ3) is 3.72. The smallest absolute Gasteiger partial charge is 0.340 e. The average Bonchev–Trinajstić information content (AvgIpc) is 2.25. The number of ether oxygens (including phenoxy) is 1. The lowest BCUT2D eigenvalue weighted by molar-refractivity contribution is -0.148. The van der Waals surface area contributed by atoms with E-state index in [9.17, 15) is 17.6 Å². The van der Waals surface area contributed by atoms with Gasteiger partial charge in [-0.25, -0.2) is 13.8 Å². The van der Waals surface area contributed by atoms with E-state index in [1.165, 1.54) is 13.0 Å². The van der Waals surface area contributed by atoms with E-state index in [0.717, 1.165) is 0 Å². The molecule has 96 valence electrons. The Morgan fingerprint density at radius 1 is 1.41 bits per heavy atom. The molecule has 4 nitrogen and oxygen atoms in total. The molecule has 1 N–H and O–H groups in total. The van der Waals surface area contributed by atoms with Crippen LogP contribution < -0.4 is 10.1 Å². The second-order valence-corrected chi connectivity index (χ2v) is 3.24. The summed E-state index contributed by atoms with van der Waals surface area (Å²) in [5.74, 6) is -3.74. The van der Waals surface area contributed by atoms with Gasteiger partial charge in [0.15, 0.2) is 6.61 Å². The first-order valence-electron chi connectivity index (χ1n) is 4.67. The van der Waals surface area contributed by atoms with Gasteiger partial charge in [-0.3, -0.25) is 0 Å². The van der Waals surface area contributed by atoms with Crippen LogP contribution in [-0.2, 0) is 0 Å². The molecule has 0 bridgehead atoms. The van der Waals surface area contributed by atoms with E-state index in [-0.39, 0.29) is 11.7 Å². The highest BCUT2D eigenvalue weighted by Gasteiger charge is 2.41. The number of alkyl halides is 4. The SMILES string of the molecule is CNc1cc(OCC(F)(F)C(F)F)nc(C)n1. The third-order valence-corrected chi connectivity index (χ3v) is 1.80. The Labute approximate surface area is 95.0 Å². The van der Waals surface area contributed by atoms with E-state index in [0.29, 0.717) is 5.82 Å². The van der Waals surface area contributed by atoms with E-state index in [2.05, 4.69) is 20.0 Å². The molecule has 0 fully saturated rings. The number of aromatic nitrogens is 2. The van der Waals surface area contributed by atoms with Crippen LogP contribution >= 0.6 is 0 Å². The molecule has 17 heavy (non-hydrogen) atoms. The zero-order chi connectivity index (χ0) is 13.1. The Morgan fingerprint density at radius 3 is 2.59 bits per heavy atom. The zero-order valence-electron chi connectivity index (χ0n) is 9.18. The van der Waals surface area contributed by atoms with Gasteiger partial charge in [0, 0.05) is 13.1 Å². The van der Waals surface area contributed by atoms with Gasteiger partial charge in [0.2, 0.25) is 5.88 Å². The van der Waals surface area contributed by atoms with Gasteiger partial charge in [0.25, 0.3) is 0 Å². The van der Waals surface area contributed by atoms with Crippen molar-refractivity contribution in [2.75, 3.05) is 19.0 Å². The molecule has 0 aliphatic heterocycles. The quantitative estimate of drug-likeness (QED) is 0.816.